The SMILES string of the molecule is O=C1NC(c2cn[nH]c2-c2ccc3c(c2)OCCO3)Nc2ncccc21. The number of carbonyl (C=O) groups is 1. The molecule has 1 unspecified atom stereocenters. The maximum atomic E-state index is 12.4. The second-order valence-corrected chi connectivity index (χ2v) is 6.01. The molecular weight excluding hydrogens is 334 g/mol. The van der Waals surface area contributed by atoms with E-state index in [1.165, 1.54) is 0 Å². The molecule has 8 heteroatoms. The monoisotopic (exact) mass is 349 g/mol. The van der Waals surface area contributed by atoms with Gasteiger partial charge in [-0.05, 0) is 30.3 Å². The van der Waals surface area contributed by atoms with Crippen molar-refractivity contribution in [1.82, 2.24) is 20.5 Å². The van der Waals surface area contributed by atoms with Crippen molar-refractivity contribution in [3.05, 3.63) is 53.9 Å². The number of amides is 1. The summed E-state index contributed by atoms with van der Waals surface area (Å²) >= 11 is 0. The number of benzene rings is 1. The topological polar surface area (TPSA) is 101 Å². The van der Waals surface area contributed by atoms with Crippen LogP contribution in [0, 0.1) is 0 Å². The molecule has 0 saturated heterocycles. The van der Waals surface area contributed by atoms with Gasteiger partial charge in [-0.15, -0.1) is 0 Å². The number of pyridine rings is 1. The van der Waals surface area contributed by atoms with Crippen molar-refractivity contribution in [3.63, 3.8) is 0 Å². The molecule has 0 spiro atoms. The summed E-state index contributed by atoms with van der Waals surface area (Å²) in [6, 6.07) is 9.18. The lowest BCUT2D eigenvalue weighted by Crippen LogP contribution is -2.38. The highest BCUT2D eigenvalue weighted by molar-refractivity contribution is 6.00. The van der Waals surface area contributed by atoms with Crippen LogP contribution in [0.25, 0.3) is 11.3 Å². The van der Waals surface area contributed by atoms with Gasteiger partial charge < -0.3 is 20.1 Å². The minimum atomic E-state index is -0.438. The number of aromatic nitrogens is 3. The van der Waals surface area contributed by atoms with Crippen molar-refractivity contribution in [2.24, 2.45) is 0 Å². The highest BCUT2D eigenvalue weighted by Crippen LogP contribution is 2.36. The van der Waals surface area contributed by atoms with Crippen LogP contribution in [-0.4, -0.2) is 34.3 Å². The van der Waals surface area contributed by atoms with E-state index < -0.39 is 6.17 Å². The van der Waals surface area contributed by atoms with Crippen molar-refractivity contribution < 1.29 is 14.3 Å². The van der Waals surface area contributed by atoms with E-state index >= 15 is 0 Å². The fourth-order valence-electron chi connectivity index (χ4n) is 3.19. The van der Waals surface area contributed by atoms with Crippen LogP contribution in [0.1, 0.15) is 22.1 Å². The molecule has 8 nitrogen and oxygen atoms in total. The van der Waals surface area contributed by atoms with Crippen LogP contribution in [0.5, 0.6) is 11.5 Å². The molecule has 5 rings (SSSR count). The quantitative estimate of drug-likeness (QED) is 0.655. The molecule has 26 heavy (non-hydrogen) atoms. The molecule has 2 aliphatic heterocycles. The molecule has 0 fully saturated rings. The van der Waals surface area contributed by atoms with Crippen LogP contribution in [-0.2, 0) is 0 Å². The minimum absolute atomic E-state index is 0.175. The first-order valence-electron chi connectivity index (χ1n) is 8.25. The van der Waals surface area contributed by atoms with Crippen LogP contribution in [0.15, 0.2) is 42.7 Å². The maximum absolute atomic E-state index is 12.4. The predicted octanol–water partition coefficient (Wildman–Crippen LogP) is 2.10. The van der Waals surface area contributed by atoms with Gasteiger partial charge in [-0.3, -0.25) is 9.89 Å². The van der Waals surface area contributed by atoms with Gasteiger partial charge in [0, 0.05) is 17.3 Å². The summed E-state index contributed by atoms with van der Waals surface area (Å²) in [5, 5.41) is 13.3. The van der Waals surface area contributed by atoms with E-state index in [0.29, 0.717) is 30.3 Å². The highest BCUT2D eigenvalue weighted by atomic mass is 16.6. The summed E-state index contributed by atoms with van der Waals surface area (Å²) in [5.41, 5.74) is 3.02. The van der Waals surface area contributed by atoms with E-state index in [2.05, 4.69) is 25.8 Å². The van der Waals surface area contributed by atoms with Crippen LogP contribution in [0.3, 0.4) is 0 Å². The number of rotatable bonds is 2. The van der Waals surface area contributed by atoms with E-state index in [1.807, 2.05) is 18.2 Å². The Morgan fingerprint density at radius 1 is 1.08 bits per heavy atom. The van der Waals surface area contributed by atoms with Gasteiger partial charge in [-0.25, -0.2) is 4.98 Å². The van der Waals surface area contributed by atoms with Crippen LogP contribution in [0.2, 0.25) is 0 Å². The lowest BCUT2D eigenvalue weighted by molar-refractivity contribution is 0.0935. The van der Waals surface area contributed by atoms with Crippen molar-refractivity contribution in [2.45, 2.75) is 6.17 Å². The van der Waals surface area contributed by atoms with Crippen molar-refractivity contribution in [2.75, 3.05) is 18.5 Å². The number of anilines is 1. The molecule has 0 aliphatic carbocycles. The van der Waals surface area contributed by atoms with Gasteiger partial charge in [0.25, 0.3) is 5.91 Å². The Hall–Kier alpha value is -3.55. The fourth-order valence-corrected chi connectivity index (χ4v) is 3.19. The van der Waals surface area contributed by atoms with E-state index in [0.717, 1.165) is 22.6 Å². The molecule has 1 amide bonds. The molecule has 1 atom stereocenters. The average Bonchev–Trinajstić information content (AvgIpc) is 3.17. The number of H-pyrrole nitrogens is 1. The zero-order chi connectivity index (χ0) is 17.5. The fraction of sp³-hybridized carbons (Fsp3) is 0.167. The van der Waals surface area contributed by atoms with Gasteiger partial charge in [0.15, 0.2) is 11.5 Å². The largest absolute Gasteiger partial charge is 0.486 e. The third-order valence-electron chi connectivity index (χ3n) is 4.42. The Morgan fingerprint density at radius 3 is 2.88 bits per heavy atom. The Balaban J connectivity index is 1.52. The third-order valence-corrected chi connectivity index (χ3v) is 4.42. The van der Waals surface area contributed by atoms with E-state index in [-0.39, 0.29) is 5.91 Å². The molecule has 2 aliphatic rings. The van der Waals surface area contributed by atoms with Crippen LogP contribution in [0.4, 0.5) is 5.82 Å². The molecular formula is C18H15N5O3. The number of nitrogens with zero attached hydrogens (tertiary/aromatic N) is 2. The summed E-state index contributed by atoms with van der Waals surface area (Å²) in [5.74, 6) is 1.80. The van der Waals surface area contributed by atoms with Gasteiger partial charge in [0.1, 0.15) is 25.2 Å². The molecule has 0 radical (unpaired) electrons. The van der Waals surface area contributed by atoms with Crippen LogP contribution >= 0.6 is 0 Å². The standard InChI is InChI=1S/C18H15N5O3/c24-18-11-2-1-5-19-16(11)21-17(22-18)12-9-20-23-15(12)10-3-4-13-14(8-10)26-7-6-25-13/h1-5,8-9,17H,6-7H2,(H,19,21)(H,20,23)(H,22,24). The van der Waals surface area contributed by atoms with Crippen molar-refractivity contribution >= 4 is 11.7 Å². The van der Waals surface area contributed by atoms with Gasteiger partial charge in [0.2, 0.25) is 0 Å². The predicted molar refractivity (Wildman–Crippen MR) is 93.1 cm³/mol. The first-order valence-corrected chi connectivity index (χ1v) is 8.25. The van der Waals surface area contributed by atoms with E-state index in [9.17, 15) is 4.79 Å². The number of fused-ring (bicyclic) bond motifs is 2. The van der Waals surface area contributed by atoms with Crippen molar-refractivity contribution in [3.8, 4) is 22.8 Å². The normalized spacial score (nSPS) is 17.8. The minimum Gasteiger partial charge on any atom is -0.486 e. The van der Waals surface area contributed by atoms with Crippen LogP contribution < -0.4 is 20.1 Å². The smallest absolute Gasteiger partial charge is 0.256 e. The van der Waals surface area contributed by atoms with Gasteiger partial charge in [0.05, 0.1) is 17.5 Å². The average molecular weight is 349 g/mol. The summed E-state index contributed by atoms with van der Waals surface area (Å²) in [4.78, 5) is 16.6. The number of ether oxygens (including phenoxy) is 2. The first kappa shape index (κ1) is 14.8. The molecule has 2 aromatic heterocycles. The Bertz CT molecular complexity index is 1000. The zero-order valence-corrected chi connectivity index (χ0v) is 13.7. The number of hydrogen-bond acceptors (Lipinski definition) is 6. The number of nitrogens with one attached hydrogen (secondary N) is 3. The lowest BCUT2D eigenvalue weighted by atomic mass is 10.0. The lowest BCUT2D eigenvalue weighted by Gasteiger charge is -2.27. The van der Waals surface area contributed by atoms with E-state index in [1.54, 1.807) is 24.5 Å². The van der Waals surface area contributed by atoms with Crippen molar-refractivity contribution in [1.29, 1.82) is 0 Å². The molecule has 4 heterocycles. The second-order valence-electron chi connectivity index (χ2n) is 6.01. The third kappa shape index (κ3) is 2.34. The molecule has 0 saturated carbocycles. The second kappa shape index (κ2) is 5.76. The van der Waals surface area contributed by atoms with Gasteiger partial charge >= 0.3 is 0 Å². The first-order chi connectivity index (χ1) is 12.8. The molecule has 3 N–H and O–H groups in total. The van der Waals surface area contributed by atoms with E-state index in [4.69, 9.17) is 9.47 Å². The summed E-state index contributed by atoms with van der Waals surface area (Å²) in [7, 11) is 0. The maximum Gasteiger partial charge on any atom is 0.256 e. The molecule has 1 aromatic carbocycles. The summed E-state index contributed by atoms with van der Waals surface area (Å²) < 4.78 is 11.2. The number of hydrogen-bond donors (Lipinski definition) is 3. The number of aromatic amines is 1. The van der Waals surface area contributed by atoms with Gasteiger partial charge in [-0.1, -0.05) is 0 Å². The molecule has 130 valence electrons. The summed E-state index contributed by atoms with van der Waals surface area (Å²) in [6.07, 6.45) is 2.91. The molecule has 3 aromatic rings. The van der Waals surface area contributed by atoms with Gasteiger partial charge in [-0.2, -0.15) is 5.10 Å². The summed E-state index contributed by atoms with van der Waals surface area (Å²) in [6.45, 7) is 1.07. The molecule has 0 bridgehead atoms. The Morgan fingerprint density at radius 2 is 1.96 bits per heavy atom. The Kier molecular flexibility index (Phi) is 3.27. The highest BCUT2D eigenvalue weighted by Gasteiger charge is 2.28. The zero-order valence-electron chi connectivity index (χ0n) is 13.7. The number of carbonyl (C=O) groups excluding carboxylic acids is 1. The Labute approximate surface area is 148 Å².